The van der Waals surface area contributed by atoms with Crippen LogP contribution in [-0.2, 0) is 70.9 Å². The summed E-state index contributed by atoms with van der Waals surface area (Å²) in [6, 6.07) is 33.3. The summed E-state index contributed by atoms with van der Waals surface area (Å²) < 4.78 is 112. The largest absolute Gasteiger partial charge is 1.00 e. The van der Waals surface area contributed by atoms with Gasteiger partial charge < -0.3 is 58.4 Å². The zero-order valence-corrected chi connectivity index (χ0v) is 42.0. The van der Waals surface area contributed by atoms with Gasteiger partial charge in [-0.1, -0.05) is 97.1 Å². The standard InChI is InChI=1S/C28H31NO9S.C14H19NO9S.2Na/c1-20(30)29-25-27(35-18-22-13-7-3-8-14-22)26(38-39(31,32)33)24(19-34-17-21-11-5-2-6-12-21)37-28(25)36-23-15-9-4-10-16-23;1-8(17)15-11-12(18)13(24-25(19,20)21)10(7-16)23-14(11)22-9-5-3-2-4-6-9;;/h2-16,24-28H,17-19H2,1H3,(H,29,30)(H,31,32,33);2-6,10-14,16,18H,7H2,1H3,(H,15,17)(H,19,20,21);;/q;;2*+1/p-2/t24?,25?,26?,27-,28+;10?,11?,12-,13?,14-;;/m01../s1. The summed E-state index contributed by atoms with van der Waals surface area (Å²) in [7, 11) is -10.4. The van der Waals surface area contributed by atoms with E-state index in [0.29, 0.717) is 11.5 Å². The van der Waals surface area contributed by atoms with Crippen molar-refractivity contribution < 1.29 is 142 Å². The summed E-state index contributed by atoms with van der Waals surface area (Å²) in [6.07, 6.45) is -10.9. The first kappa shape index (κ1) is 57.2. The normalized spacial score (nSPS) is 25.0. The van der Waals surface area contributed by atoms with Gasteiger partial charge in [0.05, 0.1) is 26.4 Å². The van der Waals surface area contributed by atoms with Crippen LogP contribution in [-0.4, -0.2) is 122 Å². The van der Waals surface area contributed by atoms with Crippen LogP contribution >= 0.6 is 0 Å². The number of carbonyl (C=O) groups excluding carboxylic acids is 2. The third kappa shape index (κ3) is 18.8. The van der Waals surface area contributed by atoms with Gasteiger partial charge in [-0.15, -0.1) is 0 Å². The first-order valence-corrected chi connectivity index (χ1v) is 22.3. The second-order valence-corrected chi connectivity index (χ2v) is 16.3. The van der Waals surface area contributed by atoms with Crippen LogP contribution < -0.4 is 79.2 Å². The smallest absolute Gasteiger partial charge is 0.726 e. The number of aliphatic hydroxyl groups excluding tert-OH is 2. The van der Waals surface area contributed by atoms with E-state index in [0.717, 1.165) is 11.1 Å². The van der Waals surface area contributed by atoms with E-state index < -0.39 is 101 Å². The van der Waals surface area contributed by atoms with Crippen molar-refractivity contribution >= 4 is 32.6 Å². The van der Waals surface area contributed by atoms with Crippen molar-refractivity contribution in [3.8, 4) is 11.5 Å². The second kappa shape index (κ2) is 27.8. The minimum absolute atomic E-state index is 0. The number of amides is 2. The van der Waals surface area contributed by atoms with Gasteiger partial charge >= 0.3 is 59.1 Å². The molecule has 0 saturated carbocycles. The van der Waals surface area contributed by atoms with Crippen molar-refractivity contribution in [3.05, 3.63) is 132 Å². The van der Waals surface area contributed by atoms with E-state index in [1.54, 1.807) is 54.6 Å². The molecule has 0 radical (unpaired) electrons. The van der Waals surface area contributed by atoms with E-state index >= 15 is 0 Å². The Balaban J connectivity index is 0.000000372. The molecule has 348 valence electrons. The Morgan fingerprint density at radius 2 is 1.02 bits per heavy atom. The number of benzene rings is 4. The van der Waals surface area contributed by atoms with Gasteiger partial charge in [0.1, 0.15) is 60.2 Å². The number of carbonyl (C=O) groups is 2. The number of para-hydroxylation sites is 2. The Bertz CT molecular complexity index is 2280. The predicted octanol–water partition coefficient (Wildman–Crippen LogP) is -4.56. The van der Waals surface area contributed by atoms with E-state index in [1.807, 2.05) is 66.7 Å². The predicted molar refractivity (Wildman–Crippen MR) is 220 cm³/mol. The summed E-state index contributed by atoms with van der Waals surface area (Å²) in [5.74, 6) is -0.205. The Labute approximate surface area is 427 Å². The molecule has 6 rings (SSSR count). The molecule has 2 aliphatic heterocycles. The molecule has 66 heavy (non-hydrogen) atoms. The van der Waals surface area contributed by atoms with E-state index in [1.165, 1.54) is 13.8 Å². The van der Waals surface area contributed by atoms with Crippen molar-refractivity contribution in [2.24, 2.45) is 0 Å². The summed E-state index contributed by atoms with van der Waals surface area (Å²) in [5, 5.41) is 24.8. The molecule has 2 aliphatic rings. The number of hydrogen-bond acceptors (Lipinski definition) is 18. The van der Waals surface area contributed by atoms with Gasteiger partial charge in [0.2, 0.25) is 45.2 Å². The summed E-state index contributed by atoms with van der Waals surface area (Å²) in [5.41, 5.74) is 1.67. The fourth-order valence-corrected chi connectivity index (χ4v) is 7.70. The Morgan fingerprint density at radius 1 is 0.606 bits per heavy atom. The number of aliphatic hydroxyl groups is 2. The zero-order chi connectivity index (χ0) is 46.3. The Morgan fingerprint density at radius 3 is 1.47 bits per heavy atom. The molecule has 0 aliphatic carbocycles. The Hall–Kier alpha value is -3.08. The van der Waals surface area contributed by atoms with Crippen LogP contribution in [0.3, 0.4) is 0 Å². The van der Waals surface area contributed by atoms with E-state index in [9.17, 15) is 45.7 Å². The van der Waals surface area contributed by atoms with Crippen LogP contribution in [0.4, 0.5) is 0 Å². The topological polar surface area (TPSA) is 287 Å². The maximum absolute atomic E-state index is 12.2. The van der Waals surface area contributed by atoms with E-state index in [-0.39, 0.29) is 78.9 Å². The minimum atomic E-state index is -5.20. The summed E-state index contributed by atoms with van der Waals surface area (Å²) in [6.45, 7) is 1.80. The third-order valence-corrected chi connectivity index (χ3v) is 10.3. The number of ether oxygens (including phenoxy) is 6. The third-order valence-electron chi connectivity index (χ3n) is 9.37. The van der Waals surface area contributed by atoms with Crippen LogP contribution in [0, 0.1) is 0 Å². The average Bonchev–Trinajstić information content (AvgIpc) is 3.25. The van der Waals surface area contributed by atoms with E-state index in [2.05, 4.69) is 14.8 Å². The molecule has 4 aromatic rings. The molecule has 2 amide bonds. The van der Waals surface area contributed by atoms with Crippen LogP contribution in [0.25, 0.3) is 0 Å². The SMILES string of the molecule is CC(=O)NC1[C@H](Oc2ccccc2)OC(CO)C(OS(=O)(=O)[O-])[C@@H]1O.CC(=O)NC1[C@H](Oc2ccccc2)OC(COCc2ccccc2)C(OS(=O)(=O)[O-])[C@H]1OCc1ccccc1.[Na+].[Na+]. The molecule has 2 fully saturated rings. The van der Waals surface area contributed by atoms with Gasteiger partial charge in [0.25, 0.3) is 0 Å². The maximum atomic E-state index is 12.2. The van der Waals surface area contributed by atoms with Gasteiger partial charge in [-0.3, -0.25) is 18.0 Å². The van der Waals surface area contributed by atoms with Crippen molar-refractivity contribution in [1.29, 1.82) is 0 Å². The van der Waals surface area contributed by atoms with Crippen molar-refractivity contribution in [2.75, 3.05) is 13.2 Å². The molecule has 20 nitrogen and oxygen atoms in total. The monoisotopic (exact) mass is 978 g/mol. The van der Waals surface area contributed by atoms with Crippen LogP contribution in [0.5, 0.6) is 11.5 Å². The average molecular weight is 979 g/mol. The van der Waals surface area contributed by atoms with Gasteiger partial charge in [-0.05, 0) is 35.4 Å². The van der Waals surface area contributed by atoms with Gasteiger partial charge in [0, 0.05) is 13.8 Å². The van der Waals surface area contributed by atoms with Crippen molar-refractivity contribution in [2.45, 2.75) is 88.3 Å². The van der Waals surface area contributed by atoms with Crippen molar-refractivity contribution in [1.82, 2.24) is 10.6 Å². The van der Waals surface area contributed by atoms with Gasteiger partial charge in [-0.25, -0.2) is 16.8 Å². The molecule has 0 bridgehead atoms. The molecule has 0 spiro atoms. The molecular weight excluding hydrogens is 931 g/mol. The Kier molecular flexibility index (Phi) is 24.1. The fourth-order valence-electron chi connectivity index (χ4n) is 6.69. The van der Waals surface area contributed by atoms with Gasteiger partial charge in [0.15, 0.2) is 0 Å². The molecule has 24 heteroatoms. The molecule has 2 saturated heterocycles. The number of nitrogens with one attached hydrogen (secondary N) is 2. The summed E-state index contributed by atoms with van der Waals surface area (Å²) in [4.78, 5) is 23.6. The van der Waals surface area contributed by atoms with E-state index in [4.69, 9.17) is 32.6 Å². The molecule has 4 N–H and O–H groups in total. The molecule has 2 heterocycles. The first-order valence-electron chi connectivity index (χ1n) is 19.6. The van der Waals surface area contributed by atoms with Crippen LogP contribution in [0.2, 0.25) is 0 Å². The maximum Gasteiger partial charge on any atom is 1.00 e. The van der Waals surface area contributed by atoms with Crippen LogP contribution in [0.1, 0.15) is 25.0 Å². The van der Waals surface area contributed by atoms with Crippen LogP contribution in [0.15, 0.2) is 121 Å². The zero-order valence-electron chi connectivity index (χ0n) is 36.4. The number of hydrogen-bond donors (Lipinski definition) is 4. The molecule has 4 aromatic carbocycles. The number of rotatable bonds is 18. The molecule has 6 unspecified atom stereocenters. The minimum Gasteiger partial charge on any atom is -0.726 e. The molecule has 10 atom stereocenters. The molecule has 0 aromatic heterocycles. The van der Waals surface area contributed by atoms with Crippen molar-refractivity contribution in [3.63, 3.8) is 0 Å². The quantitative estimate of drug-likeness (QED) is 0.0415. The summed E-state index contributed by atoms with van der Waals surface area (Å²) >= 11 is 0. The fraction of sp³-hybridized carbons (Fsp3) is 0.381. The first-order chi connectivity index (χ1) is 30.5. The molecular formula is C42H48N2Na2O18S2. The second-order valence-electron chi connectivity index (χ2n) is 14.3. The van der Waals surface area contributed by atoms with Gasteiger partial charge in [-0.2, -0.15) is 0 Å².